The number of likely N-dealkylation sites (tertiary alicyclic amines) is 1. The number of carbonyl (C=O) groups is 1. The number of aromatic nitrogens is 2. The molecule has 1 aliphatic heterocycles. The summed E-state index contributed by atoms with van der Waals surface area (Å²) in [6.45, 7) is 2.65. The molecule has 25 heavy (non-hydrogen) atoms. The van der Waals surface area contributed by atoms with Crippen LogP contribution in [-0.2, 0) is 0 Å². The number of fused-ring (bicyclic) bond motifs is 1. The van der Waals surface area contributed by atoms with E-state index < -0.39 is 0 Å². The third-order valence-corrected chi connectivity index (χ3v) is 4.91. The maximum Gasteiger partial charge on any atom is 0.255 e. The van der Waals surface area contributed by atoms with Gasteiger partial charge in [-0.1, -0.05) is 17.7 Å². The van der Waals surface area contributed by atoms with Gasteiger partial charge in [-0.05, 0) is 56.2 Å². The average molecular weight is 352 g/mol. The van der Waals surface area contributed by atoms with Crippen LogP contribution < -0.4 is 0 Å². The van der Waals surface area contributed by atoms with E-state index in [4.69, 9.17) is 11.6 Å². The summed E-state index contributed by atoms with van der Waals surface area (Å²) >= 11 is 6.16. The zero-order valence-electron chi connectivity index (χ0n) is 13.9. The molecule has 126 valence electrons. The first kappa shape index (κ1) is 16.0. The lowest BCUT2D eigenvalue weighted by molar-refractivity contribution is 0.0734. The van der Waals surface area contributed by atoms with Crippen molar-refractivity contribution in [2.45, 2.75) is 25.8 Å². The highest BCUT2D eigenvalue weighted by Crippen LogP contribution is 2.33. The van der Waals surface area contributed by atoms with Crippen molar-refractivity contribution in [3.63, 3.8) is 0 Å². The lowest BCUT2D eigenvalue weighted by atomic mass is 10.0. The third-order valence-electron chi connectivity index (χ3n) is 4.67. The van der Waals surface area contributed by atoms with Gasteiger partial charge in [-0.2, -0.15) is 0 Å². The monoisotopic (exact) mass is 351 g/mol. The SMILES string of the molecule is Cc1cc(C(=O)N2CCCC2c2ccccn2)c2cc(Cl)ccc2n1. The minimum absolute atomic E-state index is 0.0194. The van der Waals surface area contributed by atoms with Crippen molar-refractivity contribution in [2.75, 3.05) is 6.54 Å². The minimum atomic E-state index is 0.0194. The van der Waals surface area contributed by atoms with E-state index in [0.29, 0.717) is 10.6 Å². The van der Waals surface area contributed by atoms with Gasteiger partial charge in [0.25, 0.3) is 5.91 Å². The molecule has 0 spiro atoms. The van der Waals surface area contributed by atoms with Crippen molar-refractivity contribution < 1.29 is 4.79 Å². The summed E-state index contributed by atoms with van der Waals surface area (Å²) in [6, 6.07) is 13.2. The summed E-state index contributed by atoms with van der Waals surface area (Å²) in [5.74, 6) is 0.0194. The van der Waals surface area contributed by atoms with E-state index in [1.165, 1.54) is 0 Å². The lowest BCUT2D eigenvalue weighted by Crippen LogP contribution is -2.31. The van der Waals surface area contributed by atoms with Crippen molar-refractivity contribution in [1.29, 1.82) is 0 Å². The number of nitrogens with zero attached hydrogens (tertiary/aromatic N) is 3. The molecular formula is C20H18ClN3O. The number of hydrogen-bond acceptors (Lipinski definition) is 3. The van der Waals surface area contributed by atoms with Crippen LogP contribution in [0.2, 0.25) is 5.02 Å². The van der Waals surface area contributed by atoms with Crippen LogP contribution >= 0.6 is 11.6 Å². The van der Waals surface area contributed by atoms with Gasteiger partial charge in [0.05, 0.1) is 22.8 Å². The fourth-order valence-corrected chi connectivity index (χ4v) is 3.72. The average Bonchev–Trinajstić information content (AvgIpc) is 3.11. The number of aryl methyl sites for hydroxylation is 1. The molecule has 1 amide bonds. The second-order valence-electron chi connectivity index (χ2n) is 6.38. The molecule has 1 atom stereocenters. The first-order valence-corrected chi connectivity index (χ1v) is 8.80. The Kier molecular flexibility index (Phi) is 4.14. The standard InChI is InChI=1S/C20H18ClN3O/c1-13-11-16(15-12-14(21)7-8-17(15)23-13)20(25)24-10-4-6-19(24)18-5-2-3-9-22-18/h2-3,5,7-9,11-12,19H,4,6,10H2,1H3. The van der Waals surface area contributed by atoms with E-state index in [1.807, 2.05) is 48.2 Å². The Labute approximate surface area is 151 Å². The van der Waals surface area contributed by atoms with Gasteiger partial charge >= 0.3 is 0 Å². The van der Waals surface area contributed by atoms with Crippen molar-refractivity contribution in [1.82, 2.24) is 14.9 Å². The molecule has 1 aromatic carbocycles. The molecule has 0 saturated carbocycles. The number of hydrogen-bond donors (Lipinski definition) is 0. The van der Waals surface area contributed by atoms with Gasteiger partial charge in [-0.3, -0.25) is 14.8 Å². The van der Waals surface area contributed by atoms with Crippen molar-refractivity contribution >= 4 is 28.4 Å². The molecule has 4 nitrogen and oxygen atoms in total. The van der Waals surface area contributed by atoms with Gasteiger partial charge < -0.3 is 4.90 Å². The predicted octanol–water partition coefficient (Wildman–Crippen LogP) is 4.57. The minimum Gasteiger partial charge on any atom is -0.330 e. The second-order valence-corrected chi connectivity index (χ2v) is 6.82. The molecule has 3 aromatic rings. The van der Waals surface area contributed by atoms with Crippen LogP contribution in [0, 0.1) is 6.92 Å². The highest BCUT2D eigenvalue weighted by molar-refractivity contribution is 6.31. The molecule has 0 bridgehead atoms. The number of halogens is 1. The Morgan fingerprint density at radius 1 is 1.24 bits per heavy atom. The van der Waals surface area contributed by atoms with E-state index >= 15 is 0 Å². The summed E-state index contributed by atoms with van der Waals surface area (Å²) < 4.78 is 0. The van der Waals surface area contributed by atoms with E-state index in [9.17, 15) is 4.79 Å². The summed E-state index contributed by atoms with van der Waals surface area (Å²) in [5, 5.41) is 1.41. The Balaban J connectivity index is 1.78. The van der Waals surface area contributed by atoms with Gasteiger partial charge in [0.1, 0.15) is 0 Å². The number of rotatable bonds is 2. The summed E-state index contributed by atoms with van der Waals surface area (Å²) in [4.78, 5) is 24.2. The van der Waals surface area contributed by atoms with Gasteiger partial charge in [0, 0.05) is 28.8 Å². The largest absolute Gasteiger partial charge is 0.330 e. The Bertz CT molecular complexity index is 942. The van der Waals surface area contributed by atoms with E-state index in [0.717, 1.165) is 41.7 Å². The van der Waals surface area contributed by atoms with Crippen LogP contribution in [0.3, 0.4) is 0 Å². The first-order chi connectivity index (χ1) is 12.1. The molecule has 2 aromatic heterocycles. The molecule has 1 unspecified atom stereocenters. The molecule has 3 heterocycles. The molecule has 0 N–H and O–H groups in total. The maximum absolute atomic E-state index is 13.3. The summed E-state index contributed by atoms with van der Waals surface area (Å²) in [7, 11) is 0. The molecule has 0 radical (unpaired) electrons. The fraction of sp³-hybridized carbons (Fsp3) is 0.250. The zero-order chi connectivity index (χ0) is 17.4. The number of amides is 1. The molecule has 1 aliphatic rings. The predicted molar refractivity (Wildman–Crippen MR) is 98.7 cm³/mol. The van der Waals surface area contributed by atoms with E-state index in [1.54, 1.807) is 12.3 Å². The van der Waals surface area contributed by atoms with Crippen LogP contribution in [-0.4, -0.2) is 27.3 Å². The topological polar surface area (TPSA) is 46.1 Å². The van der Waals surface area contributed by atoms with Crippen LogP contribution in [0.5, 0.6) is 0 Å². The van der Waals surface area contributed by atoms with Gasteiger partial charge in [-0.15, -0.1) is 0 Å². The number of benzene rings is 1. The van der Waals surface area contributed by atoms with Crippen molar-refractivity contribution in [3.05, 3.63) is 70.6 Å². The van der Waals surface area contributed by atoms with Crippen molar-refractivity contribution in [2.24, 2.45) is 0 Å². The molecule has 5 heteroatoms. The van der Waals surface area contributed by atoms with Gasteiger partial charge in [0.15, 0.2) is 0 Å². The smallest absolute Gasteiger partial charge is 0.255 e. The van der Waals surface area contributed by atoms with Crippen LogP contribution in [0.4, 0.5) is 0 Å². The van der Waals surface area contributed by atoms with Gasteiger partial charge in [0.2, 0.25) is 0 Å². The third kappa shape index (κ3) is 2.98. The Morgan fingerprint density at radius 3 is 2.92 bits per heavy atom. The molecule has 1 saturated heterocycles. The van der Waals surface area contributed by atoms with Gasteiger partial charge in [-0.25, -0.2) is 0 Å². The van der Waals surface area contributed by atoms with Crippen LogP contribution in [0.15, 0.2) is 48.7 Å². The van der Waals surface area contributed by atoms with E-state index in [-0.39, 0.29) is 11.9 Å². The molecule has 1 fully saturated rings. The zero-order valence-corrected chi connectivity index (χ0v) is 14.7. The highest BCUT2D eigenvalue weighted by atomic mass is 35.5. The number of carbonyl (C=O) groups excluding carboxylic acids is 1. The Morgan fingerprint density at radius 2 is 2.12 bits per heavy atom. The second kappa shape index (κ2) is 6.45. The van der Waals surface area contributed by atoms with Crippen LogP contribution in [0.1, 0.15) is 40.6 Å². The first-order valence-electron chi connectivity index (χ1n) is 8.42. The fourth-order valence-electron chi connectivity index (χ4n) is 3.55. The quantitative estimate of drug-likeness (QED) is 0.679. The maximum atomic E-state index is 13.3. The molecule has 0 aliphatic carbocycles. The van der Waals surface area contributed by atoms with E-state index in [2.05, 4.69) is 9.97 Å². The molecule has 4 rings (SSSR count). The Hall–Kier alpha value is -2.46. The highest BCUT2D eigenvalue weighted by Gasteiger charge is 2.32. The number of pyridine rings is 2. The lowest BCUT2D eigenvalue weighted by Gasteiger charge is -2.25. The summed E-state index contributed by atoms with van der Waals surface area (Å²) in [5.41, 5.74) is 3.22. The normalized spacial score (nSPS) is 17.2. The summed E-state index contributed by atoms with van der Waals surface area (Å²) in [6.07, 6.45) is 3.70. The molecular weight excluding hydrogens is 334 g/mol. The van der Waals surface area contributed by atoms with Crippen molar-refractivity contribution in [3.8, 4) is 0 Å². The van der Waals surface area contributed by atoms with Crippen LogP contribution in [0.25, 0.3) is 10.9 Å².